The largest absolute Gasteiger partial charge is 0.339 e. The van der Waals surface area contributed by atoms with Crippen molar-refractivity contribution in [1.29, 1.82) is 0 Å². The predicted octanol–water partition coefficient (Wildman–Crippen LogP) is 3.41. The molecule has 2 aromatic rings. The molecule has 0 aliphatic rings. The van der Waals surface area contributed by atoms with Crippen molar-refractivity contribution >= 4 is 27.7 Å². The van der Waals surface area contributed by atoms with Gasteiger partial charge in [-0.15, -0.1) is 11.8 Å². The minimum atomic E-state index is 0.708. The normalized spacial score (nSPS) is 10.8. The van der Waals surface area contributed by atoms with E-state index in [4.69, 9.17) is 10.3 Å². The maximum Gasteiger partial charge on any atom is 0.226 e. The van der Waals surface area contributed by atoms with E-state index in [2.05, 4.69) is 38.2 Å². The van der Waals surface area contributed by atoms with Gasteiger partial charge in [0, 0.05) is 15.8 Å². The second-order valence-electron chi connectivity index (χ2n) is 4.09. The lowest BCUT2D eigenvalue weighted by Gasteiger charge is -1.97. The van der Waals surface area contributed by atoms with Gasteiger partial charge in [0.2, 0.25) is 5.89 Å². The number of nitrogens with zero attached hydrogens (tertiary/aromatic N) is 2. The van der Waals surface area contributed by atoms with Crippen molar-refractivity contribution in [3.05, 3.63) is 40.5 Å². The fourth-order valence-corrected chi connectivity index (χ4v) is 2.56. The fourth-order valence-electron chi connectivity index (χ4n) is 1.55. The van der Waals surface area contributed by atoms with Gasteiger partial charge in [0.05, 0.1) is 5.75 Å². The summed E-state index contributed by atoms with van der Waals surface area (Å²) in [6, 6.07) is 8.18. The molecule has 6 heteroatoms. The van der Waals surface area contributed by atoms with Crippen molar-refractivity contribution < 1.29 is 4.52 Å². The number of rotatable bonds is 7. The Kier molecular flexibility index (Phi) is 5.88. The Hall–Kier alpha value is -0.850. The van der Waals surface area contributed by atoms with Gasteiger partial charge in [-0.2, -0.15) is 4.98 Å². The summed E-state index contributed by atoms with van der Waals surface area (Å²) in [5, 5.41) is 3.98. The molecule has 1 heterocycles. The van der Waals surface area contributed by atoms with Crippen molar-refractivity contribution in [2.75, 3.05) is 6.54 Å². The predicted molar refractivity (Wildman–Crippen MR) is 80.0 cm³/mol. The van der Waals surface area contributed by atoms with E-state index in [0.717, 1.165) is 35.3 Å². The van der Waals surface area contributed by atoms with Crippen LogP contribution in [0, 0.1) is 0 Å². The molecule has 0 saturated heterocycles. The summed E-state index contributed by atoms with van der Waals surface area (Å²) < 4.78 is 6.28. The third-order valence-electron chi connectivity index (χ3n) is 2.54. The van der Waals surface area contributed by atoms with Crippen LogP contribution in [0.5, 0.6) is 0 Å². The highest BCUT2D eigenvalue weighted by Crippen LogP contribution is 2.23. The molecule has 102 valence electrons. The molecule has 0 amide bonds. The molecule has 0 atom stereocenters. The molecule has 2 rings (SSSR count). The second kappa shape index (κ2) is 7.67. The zero-order chi connectivity index (χ0) is 13.5. The molecule has 0 radical (unpaired) electrons. The Labute approximate surface area is 125 Å². The monoisotopic (exact) mass is 341 g/mol. The first-order chi connectivity index (χ1) is 9.28. The average Bonchev–Trinajstić information content (AvgIpc) is 2.86. The van der Waals surface area contributed by atoms with E-state index in [1.807, 2.05) is 12.1 Å². The average molecular weight is 342 g/mol. The van der Waals surface area contributed by atoms with Gasteiger partial charge in [-0.05, 0) is 43.7 Å². The maximum atomic E-state index is 5.45. The molecule has 2 N–H and O–H groups in total. The molecule has 0 aliphatic heterocycles. The molecule has 19 heavy (non-hydrogen) atoms. The standard InChI is InChI=1S/C13H16BrN3OS/c14-10-4-6-11(7-5-10)19-9-12-16-13(18-17-12)3-1-2-8-15/h4-7H,1-3,8-9,15H2. The maximum absolute atomic E-state index is 5.45. The molecule has 0 saturated carbocycles. The van der Waals surface area contributed by atoms with Gasteiger partial charge in [-0.3, -0.25) is 0 Å². The first-order valence-corrected chi connectivity index (χ1v) is 7.95. The van der Waals surface area contributed by atoms with Crippen molar-refractivity contribution in [2.45, 2.75) is 29.9 Å². The summed E-state index contributed by atoms with van der Waals surface area (Å²) in [6.45, 7) is 0.709. The first kappa shape index (κ1) is 14.6. The molecule has 1 aromatic heterocycles. The van der Waals surface area contributed by atoms with Gasteiger partial charge in [0.15, 0.2) is 5.82 Å². The third kappa shape index (κ3) is 4.97. The van der Waals surface area contributed by atoms with Gasteiger partial charge in [0.1, 0.15) is 0 Å². The van der Waals surface area contributed by atoms with E-state index in [0.29, 0.717) is 12.4 Å². The van der Waals surface area contributed by atoms with Gasteiger partial charge in [-0.25, -0.2) is 0 Å². The Balaban J connectivity index is 1.81. The number of aryl methyl sites for hydroxylation is 1. The van der Waals surface area contributed by atoms with Gasteiger partial charge in [0.25, 0.3) is 0 Å². The highest BCUT2D eigenvalue weighted by atomic mass is 79.9. The molecule has 0 fully saturated rings. The van der Waals surface area contributed by atoms with Crippen LogP contribution >= 0.6 is 27.7 Å². The lowest BCUT2D eigenvalue weighted by molar-refractivity contribution is 0.371. The number of benzene rings is 1. The van der Waals surface area contributed by atoms with E-state index in [9.17, 15) is 0 Å². The highest BCUT2D eigenvalue weighted by molar-refractivity contribution is 9.10. The summed E-state index contributed by atoms with van der Waals surface area (Å²) in [5.41, 5.74) is 5.45. The Bertz CT molecular complexity index is 501. The van der Waals surface area contributed by atoms with Crippen molar-refractivity contribution in [3.8, 4) is 0 Å². The van der Waals surface area contributed by atoms with E-state index in [-0.39, 0.29) is 0 Å². The molecule has 1 aromatic carbocycles. The number of unbranched alkanes of at least 4 members (excludes halogenated alkanes) is 1. The summed E-state index contributed by atoms with van der Waals surface area (Å²) in [4.78, 5) is 5.56. The topological polar surface area (TPSA) is 64.9 Å². The van der Waals surface area contributed by atoms with Crippen LogP contribution in [0.2, 0.25) is 0 Å². The van der Waals surface area contributed by atoms with E-state index in [1.54, 1.807) is 11.8 Å². The fraction of sp³-hybridized carbons (Fsp3) is 0.385. The van der Waals surface area contributed by atoms with E-state index >= 15 is 0 Å². The number of hydrogen-bond donors (Lipinski definition) is 1. The molecular formula is C13H16BrN3OS. The number of halogens is 1. The summed E-state index contributed by atoms with van der Waals surface area (Å²) in [5.74, 6) is 2.18. The minimum absolute atomic E-state index is 0.708. The van der Waals surface area contributed by atoms with Crippen LogP contribution in [0.1, 0.15) is 24.6 Å². The Morgan fingerprint density at radius 3 is 2.74 bits per heavy atom. The molecule has 0 bridgehead atoms. The molecule has 0 spiro atoms. The first-order valence-electron chi connectivity index (χ1n) is 6.18. The van der Waals surface area contributed by atoms with Gasteiger partial charge >= 0.3 is 0 Å². The molecule has 4 nitrogen and oxygen atoms in total. The smallest absolute Gasteiger partial charge is 0.226 e. The van der Waals surface area contributed by atoms with E-state index < -0.39 is 0 Å². The summed E-state index contributed by atoms with van der Waals surface area (Å²) in [7, 11) is 0. The quantitative estimate of drug-likeness (QED) is 0.617. The lowest BCUT2D eigenvalue weighted by Crippen LogP contribution is -1.99. The number of thioether (sulfide) groups is 1. The van der Waals surface area contributed by atoms with Crippen molar-refractivity contribution in [3.63, 3.8) is 0 Å². The summed E-state index contributed by atoms with van der Waals surface area (Å²) >= 11 is 5.11. The van der Waals surface area contributed by atoms with Crippen LogP contribution in [-0.2, 0) is 12.2 Å². The number of aromatic nitrogens is 2. The SMILES string of the molecule is NCCCCc1nc(CSc2ccc(Br)cc2)no1. The Morgan fingerprint density at radius 2 is 2.00 bits per heavy atom. The minimum Gasteiger partial charge on any atom is -0.339 e. The molecule has 0 unspecified atom stereocenters. The summed E-state index contributed by atoms with van der Waals surface area (Å²) in [6.07, 6.45) is 2.80. The van der Waals surface area contributed by atoms with Crippen LogP contribution in [0.3, 0.4) is 0 Å². The Morgan fingerprint density at radius 1 is 1.21 bits per heavy atom. The van der Waals surface area contributed by atoms with Crippen molar-refractivity contribution in [2.24, 2.45) is 5.73 Å². The zero-order valence-corrected chi connectivity index (χ0v) is 12.9. The third-order valence-corrected chi connectivity index (χ3v) is 4.07. The van der Waals surface area contributed by atoms with Crippen LogP contribution < -0.4 is 5.73 Å². The number of nitrogens with two attached hydrogens (primary N) is 1. The van der Waals surface area contributed by atoms with Crippen LogP contribution in [0.4, 0.5) is 0 Å². The second-order valence-corrected chi connectivity index (χ2v) is 6.06. The van der Waals surface area contributed by atoms with Crippen LogP contribution in [0.15, 0.2) is 38.2 Å². The van der Waals surface area contributed by atoms with E-state index in [1.165, 1.54) is 4.90 Å². The van der Waals surface area contributed by atoms with Crippen LogP contribution in [-0.4, -0.2) is 16.7 Å². The van der Waals surface area contributed by atoms with Crippen molar-refractivity contribution in [1.82, 2.24) is 10.1 Å². The number of hydrogen-bond acceptors (Lipinski definition) is 5. The lowest BCUT2D eigenvalue weighted by atomic mass is 10.2. The van der Waals surface area contributed by atoms with Crippen LogP contribution in [0.25, 0.3) is 0 Å². The molecule has 0 aliphatic carbocycles. The zero-order valence-electron chi connectivity index (χ0n) is 10.5. The van der Waals surface area contributed by atoms with Gasteiger partial charge in [-0.1, -0.05) is 21.1 Å². The highest BCUT2D eigenvalue weighted by Gasteiger charge is 2.06. The molecular weight excluding hydrogens is 326 g/mol. The van der Waals surface area contributed by atoms with Gasteiger partial charge < -0.3 is 10.3 Å².